The second-order valence-electron chi connectivity index (χ2n) is 3.34. The van der Waals surface area contributed by atoms with Crippen LogP contribution in [0.2, 0.25) is 5.02 Å². The fraction of sp³-hybridized carbons (Fsp3) is 0.100. The van der Waals surface area contributed by atoms with Crippen LogP contribution >= 0.6 is 11.6 Å². The number of hydrogen-bond donors (Lipinski definition) is 2. The molecular weight excluding hydrogens is 262 g/mol. The van der Waals surface area contributed by atoms with Gasteiger partial charge in [-0.2, -0.15) is 5.10 Å². The number of nitrogens with zero attached hydrogens (tertiary/aromatic N) is 1. The Balaban J connectivity index is 2.12. The molecule has 1 aromatic carbocycles. The highest BCUT2D eigenvalue weighted by atomic mass is 35.5. The molecule has 1 aromatic heterocycles. The highest BCUT2D eigenvalue weighted by Gasteiger charge is 2.15. The highest BCUT2D eigenvalue weighted by Crippen LogP contribution is 2.15. The molecule has 0 saturated heterocycles. The van der Waals surface area contributed by atoms with Crippen molar-refractivity contribution in [2.75, 3.05) is 0 Å². The third kappa shape index (κ3) is 2.85. The van der Waals surface area contributed by atoms with E-state index in [9.17, 15) is 8.42 Å². The van der Waals surface area contributed by atoms with Crippen molar-refractivity contribution in [3.05, 3.63) is 47.1 Å². The van der Waals surface area contributed by atoms with Crippen LogP contribution in [0.15, 0.2) is 41.6 Å². The van der Waals surface area contributed by atoms with E-state index in [-0.39, 0.29) is 11.6 Å². The van der Waals surface area contributed by atoms with Gasteiger partial charge in [-0.05, 0) is 17.7 Å². The molecule has 0 amide bonds. The van der Waals surface area contributed by atoms with Crippen LogP contribution in [0.4, 0.5) is 0 Å². The van der Waals surface area contributed by atoms with Crippen molar-refractivity contribution in [2.45, 2.75) is 11.6 Å². The summed E-state index contributed by atoms with van der Waals surface area (Å²) in [6.07, 6.45) is 1.38. The van der Waals surface area contributed by atoms with Gasteiger partial charge in [0.1, 0.15) is 0 Å². The van der Waals surface area contributed by atoms with Gasteiger partial charge in [0, 0.05) is 11.6 Å². The topological polar surface area (TPSA) is 74.8 Å². The minimum Gasteiger partial charge on any atom is -0.266 e. The van der Waals surface area contributed by atoms with Crippen molar-refractivity contribution in [3.8, 4) is 0 Å². The number of hydrogen-bond acceptors (Lipinski definition) is 3. The fourth-order valence-electron chi connectivity index (χ4n) is 1.29. The summed E-state index contributed by atoms with van der Waals surface area (Å²) in [6, 6.07) is 8.44. The van der Waals surface area contributed by atoms with Crippen molar-refractivity contribution in [1.82, 2.24) is 14.9 Å². The Kier molecular flexibility index (Phi) is 3.46. The van der Waals surface area contributed by atoms with Crippen molar-refractivity contribution in [1.29, 1.82) is 0 Å². The average molecular weight is 272 g/mol. The number of aromatic nitrogens is 2. The van der Waals surface area contributed by atoms with Crippen LogP contribution in [0, 0.1) is 0 Å². The maximum Gasteiger partial charge on any atom is 0.257 e. The van der Waals surface area contributed by atoms with E-state index >= 15 is 0 Å². The molecule has 5 nitrogen and oxygen atoms in total. The molecule has 0 aliphatic heterocycles. The Labute approximate surface area is 104 Å². The monoisotopic (exact) mass is 271 g/mol. The second-order valence-corrected chi connectivity index (χ2v) is 5.48. The molecule has 90 valence electrons. The summed E-state index contributed by atoms with van der Waals surface area (Å²) in [4.78, 5) is 0. The Morgan fingerprint density at radius 2 is 2.06 bits per heavy atom. The summed E-state index contributed by atoms with van der Waals surface area (Å²) < 4.78 is 25.9. The molecule has 2 aromatic rings. The molecule has 0 aliphatic carbocycles. The first-order chi connectivity index (χ1) is 8.09. The summed E-state index contributed by atoms with van der Waals surface area (Å²) in [5.41, 5.74) is 0.720. The third-order valence-corrected chi connectivity index (χ3v) is 3.87. The van der Waals surface area contributed by atoms with Gasteiger partial charge in [-0.3, -0.25) is 5.10 Å². The first-order valence-electron chi connectivity index (χ1n) is 4.82. The molecule has 0 aliphatic rings. The summed E-state index contributed by atoms with van der Waals surface area (Å²) in [5.74, 6) is 0. The number of aromatic amines is 1. The zero-order chi connectivity index (χ0) is 12.3. The van der Waals surface area contributed by atoms with Gasteiger partial charge in [0.25, 0.3) is 10.0 Å². The normalized spacial score (nSPS) is 11.6. The molecule has 2 N–H and O–H groups in total. The summed E-state index contributed by atoms with van der Waals surface area (Å²) >= 11 is 5.92. The molecule has 1 heterocycles. The standard InChI is InChI=1S/C10H10ClN3O2S/c11-9-4-2-1-3-8(9)7-13-17(15,16)10-5-6-12-14-10/h1-6,13H,7H2,(H,12,14). The number of benzene rings is 1. The van der Waals surface area contributed by atoms with Crippen molar-refractivity contribution < 1.29 is 8.42 Å². The molecule has 2 rings (SSSR count). The zero-order valence-corrected chi connectivity index (χ0v) is 10.3. The number of nitrogens with one attached hydrogen (secondary N) is 2. The Morgan fingerprint density at radius 1 is 1.29 bits per heavy atom. The fourth-order valence-corrected chi connectivity index (χ4v) is 2.40. The number of rotatable bonds is 4. The van der Waals surface area contributed by atoms with E-state index in [0.717, 1.165) is 5.56 Å². The Hall–Kier alpha value is -1.37. The number of halogens is 1. The van der Waals surface area contributed by atoms with Crippen LogP contribution in [-0.4, -0.2) is 18.6 Å². The molecule has 0 atom stereocenters. The summed E-state index contributed by atoms with van der Waals surface area (Å²) in [5, 5.41) is 6.55. The first kappa shape index (κ1) is 12.1. The van der Waals surface area contributed by atoms with Crippen LogP contribution in [0.5, 0.6) is 0 Å². The summed E-state index contributed by atoms with van der Waals surface area (Å²) in [7, 11) is -3.56. The van der Waals surface area contributed by atoms with E-state index in [1.54, 1.807) is 24.3 Å². The van der Waals surface area contributed by atoms with E-state index in [2.05, 4.69) is 14.9 Å². The molecule has 0 radical (unpaired) electrons. The minimum absolute atomic E-state index is 0.0320. The van der Waals surface area contributed by atoms with Gasteiger partial charge in [0.15, 0.2) is 5.03 Å². The van der Waals surface area contributed by atoms with E-state index in [1.165, 1.54) is 12.3 Å². The maximum atomic E-state index is 11.8. The molecule has 7 heteroatoms. The predicted molar refractivity (Wildman–Crippen MR) is 64.1 cm³/mol. The Morgan fingerprint density at radius 3 is 2.71 bits per heavy atom. The van der Waals surface area contributed by atoms with Gasteiger partial charge in [0.05, 0.1) is 6.20 Å². The molecule has 0 unspecified atom stereocenters. The molecule has 17 heavy (non-hydrogen) atoms. The average Bonchev–Trinajstić information content (AvgIpc) is 2.82. The van der Waals surface area contributed by atoms with Crippen LogP contribution in [0.1, 0.15) is 5.56 Å². The molecular formula is C10H10ClN3O2S. The third-order valence-electron chi connectivity index (χ3n) is 2.18. The van der Waals surface area contributed by atoms with Crippen LogP contribution in [-0.2, 0) is 16.6 Å². The van der Waals surface area contributed by atoms with Gasteiger partial charge < -0.3 is 0 Å². The Bertz CT molecular complexity index is 596. The second kappa shape index (κ2) is 4.87. The predicted octanol–water partition coefficient (Wildman–Crippen LogP) is 1.54. The van der Waals surface area contributed by atoms with Crippen molar-refractivity contribution >= 4 is 21.6 Å². The first-order valence-corrected chi connectivity index (χ1v) is 6.68. The van der Waals surface area contributed by atoms with Gasteiger partial charge in [-0.25, -0.2) is 13.1 Å². The minimum atomic E-state index is -3.56. The van der Waals surface area contributed by atoms with Crippen LogP contribution < -0.4 is 4.72 Å². The number of H-pyrrole nitrogens is 1. The number of sulfonamides is 1. The van der Waals surface area contributed by atoms with Gasteiger partial charge in [-0.1, -0.05) is 29.8 Å². The van der Waals surface area contributed by atoms with Gasteiger partial charge >= 0.3 is 0 Å². The smallest absolute Gasteiger partial charge is 0.257 e. The lowest BCUT2D eigenvalue weighted by atomic mass is 10.2. The summed E-state index contributed by atoms with van der Waals surface area (Å²) in [6.45, 7) is 0.140. The van der Waals surface area contributed by atoms with Gasteiger partial charge in [0.2, 0.25) is 0 Å². The van der Waals surface area contributed by atoms with E-state index < -0.39 is 10.0 Å². The lowest BCUT2D eigenvalue weighted by Gasteiger charge is -2.06. The highest BCUT2D eigenvalue weighted by molar-refractivity contribution is 7.89. The quantitative estimate of drug-likeness (QED) is 0.886. The van der Waals surface area contributed by atoms with Gasteiger partial charge in [-0.15, -0.1) is 0 Å². The molecule has 0 fully saturated rings. The van der Waals surface area contributed by atoms with Crippen molar-refractivity contribution in [2.24, 2.45) is 0 Å². The lowest BCUT2D eigenvalue weighted by molar-refractivity contribution is 0.577. The lowest BCUT2D eigenvalue weighted by Crippen LogP contribution is -2.23. The van der Waals surface area contributed by atoms with Crippen LogP contribution in [0.25, 0.3) is 0 Å². The maximum absolute atomic E-state index is 11.8. The largest absolute Gasteiger partial charge is 0.266 e. The molecule has 0 saturated carbocycles. The van der Waals surface area contributed by atoms with Crippen LogP contribution in [0.3, 0.4) is 0 Å². The van der Waals surface area contributed by atoms with E-state index in [4.69, 9.17) is 11.6 Å². The zero-order valence-electron chi connectivity index (χ0n) is 8.72. The van der Waals surface area contributed by atoms with Crippen molar-refractivity contribution in [3.63, 3.8) is 0 Å². The molecule has 0 spiro atoms. The molecule has 0 bridgehead atoms. The van der Waals surface area contributed by atoms with E-state index in [1.807, 2.05) is 0 Å². The SMILES string of the molecule is O=S(=O)(NCc1ccccc1Cl)c1ccn[nH]1. The van der Waals surface area contributed by atoms with E-state index in [0.29, 0.717) is 5.02 Å².